The minimum atomic E-state index is -0.0200. The van der Waals surface area contributed by atoms with Crippen molar-refractivity contribution < 1.29 is 14.1 Å². The van der Waals surface area contributed by atoms with Crippen LogP contribution in [-0.2, 0) is 16.0 Å². The summed E-state index contributed by atoms with van der Waals surface area (Å²) in [5.41, 5.74) is 0.829. The Morgan fingerprint density at radius 2 is 2.12 bits per heavy atom. The lowest BCUT2D eigenvalue weighted by atomic mass is 10.2. The van der Waals surface area contributed by atoms with Crippen molar-refractivity contribution in [3.05, 3.63) is 35.2 Å². The monoisotopic (exact) mass is 363 g/mol. The molecule has 1 aliphatic carbocycles. The molecule has 1 aromatic carbocycles. The number of amides is 1. The maximum absolute atomic E-state index is 11.8. The van der Waals surface area contributed by atoms with Gasteiger partial charge in [-0.25, -0.2) is 0 Å². The zero-order valence-electron chi connectivity index (χ0n) is 14.0. The number of aryl methyl sites for hydroxylation is 1. The van der Waals surface area contributed by atoms with E-state index >= 15 is 0 Å². The first-order valence-corrected chi connectivity index (χ1v) is 9.01. The van der Waals surface area contributed by atoms with E-state index in [0.29, 0.717) is 42.7 Å². The van der Waals surface area contributed by atoms with E-state index in [1.807, 2.05) is 12.1 Å². The molecule has 1 aromatic heterocycles. The number of rotatable bonds is 10. The Hall–Kier alpha value is -1.92. The number of ether oxygens (including phenoxy) is 1. The molecule has 2 aromatic rings. The minimum absolute atomic E-state index is 0.0200. The van der Waals surface area contributed by atoms with Crippen molar-refractivity contribution >= 4 is 17.5 Å². The van der Waals surface area contributed by atoms with Gasteiger partial charge in [0.2, 0.25) is 17.6 Å². The molecule has 1 fully saturated rings. The lowest BCUT2D eigenvalue weighted by Gasteiger charge is -2.05. The number of halogens is 1. The molecule has 1 aliphatic rings. The predicted molar refractivity (Wildman–Crippen MR) is 94.2 cm³/mol. The molecule has 7 heteroatoms. The summed E-state index contributed by atoms with van der Waals surface area (Å²) in [7, 11) is 0. The minimum Gasteiger partial charge on any atom is -0.381 e. The highest BCUT2D eigenvalue weighted by molar-refractivity contribution is 6.30. The van der Waals surface area contributed by atoms with Crippen LogP contribution in [0.25, 0.3) is 11.4 Å². The van der Waals surface area contributed by atoms with E-state index in [1.165, 1.54) is 12.8 Å². The van der Waals surface area contributed by atoms with Crippen LogP contribution in [0, 0.1) is 5.92 Å². The van der Waals surface area contributed by atoms with E-state index in [2.05, 4.69) is 15.5 Å². The second-order valence-corrected chi connectivity index (χ2v) is 6.68. The van der Waals surface area contributed by atoms with Crippen LogP contribution >= 0.6 is 11.6 Å². The van der Waals surface area contributed by atoms with Gasteiger partial charge in [0.15, 0.2) is 0 Å². The standard InChI is InChI=1S/C18H22ClN3O3/c19-15-6-4-14(5-7-15)18-21-17(25-22-18)9-8-16(23)20-10-1-11-24-12-13-2-3-13/h4-7,13H,1-3,8-12H2,(H,20,23). The Labute approximate surface area is 151 Å². The van der Waals surface area contributed by atoms with Crippen LogP contribution in [0.5, 0.6) is 0 Å². The molecule has 0 saturated heterocycles. The molecule has 25 heavy (non-hydrogen) atoms. The fraction of sp³-hybridized carbons (Fsp3) is 0.500. The molecule has 0 atom stereocenters. The van der Waals surface area contributed by atoms with Crippen molar-refractivity contribution in [2.24, 2.45) is 5.92 Å². The summed E-state index contributed by atoms with van der Waals surface area (Å²) in [5.74, 6) is 1.71. The fourth-order valence-corrected chi connectivity index (χ4v) is 2.44. The van der Waals surface area contributed by atoms with Crippen molar-refractivity contribution in [1.82, 2.24) is 15.5 Å². The summed E-state index contributed by atoms with van der Waals surface area (Å²) in [6, 6.07) is 7.20. The summed E-state index contributed by atoms with van der Waals surface area (Å²) in [6.07, 6.45) is 4.17. The van der Waals surface area contributed by atoms with Crippen LogP contribution in [0.1, 0.15) is 31.6 Å². The summed E-state index contributed by atoms with van der Waals surface area (Å²) < 4.78 is 10.7. The first-order chi connectivity index (χ1) is 12.2. The van der Waals surface area contributed by atoms with Crippen LogP contribution in [-0.4, -0.2) is 35.8 Å². The fourth-order valence-electron chi connectivity index (χ4n) is 2.32. The van der Waals surface area contributed by atoms with Crippen LogP contribution in [0.3, 0.4) is 0 Å². The third-order valence-electron chi connectivity index (χ3n) is 3.97. The SMILES string of the molecule is O=C(CCc1nc(-c2ccc(Cl)cc2)no1)NCCCOCC1CC1. The van der Waals surface area contributed by atoms with Crippen molar-refractivity contribution in [3.63, 3.8) is 0 Å². The van der Waals surface area contributed by atoms with Crippen molar-refractivity contribution in [1.29, 1.82) is 0 Å². The molecule has 1 saturated carbocycles. The molecule has 1 N–H and O–H groups in total. The first kappa shape index (κ1) is 17.9. The van der Waals surface area contributed by atoms with Crippen LogP contribution in [0.15, 0.2) is 28.8 Å². The highest BCUT2D eigenvalue weighted by Gasteiger charge is 2.20. The Kier molecular flexibility index (Phi) is 6.42. The summed E-state index contributed by atoms with van der Waals surface area (Å²) in [5, 5.41) is 7.46. The average Bonchev–Trinajstić information content (AvgIpc) is 3.32. The van der Waals surface area contributed by atoms with Gasteiger partial charge in [0.05, 0.1) is 0 Å². The van der Waals surface area contributed by atoms with Gasteiger partial charge in [0, 0.05) is 43.2 Å². The highest BCUT2D eigenvalue weighted by Crippen LogP contribution is 2.28. The number of benzene rings is 1. The van der Waals surface area contributed by atoms with E-state index in [1.54, 1.807) is 12.1 Å². The van der Waals surface area contributed by atoms with Gasteiger partial charge in [-0.1, -0.05) is 16.8 Å². The molecule has 1 heterocycles. The van der Waals surface area contributed by atoms with E-state index < -0.39 is 0 Å². The Balaban J connectivity index is 1.32. The number of hydrogen-bond donors (Lipinski definition) is 1. The predicted octanol–water partition coefficient (Wildman–Crippen LogP) is 3.26. The number of carbonyl (C=O) groups is 1. The quantitative estimate of drug-likeness (QED) is 0.655. The summed E-state index contributed by atoms with van der Waals surface area (Å²) in [4.78, 5) is 16.1. The molecular formula is C18H22ClN3O3. The van der Waals surface area contributed by atoms with Gasteiger partial charge in [-0.05, 0) is 49.4 Å². The topological polar surface area (TPSA) is 77.2 Å². The molecule has 1 amide bonds. The third-order valence-corrected chi connectivity index (χ3v) is 4.23. The number of carbonyl (C=O) groups excluding carboxylic acids is 1. The van der Waals surface area contributed by atoms with Gasteiger partial charge in [0.25, 0.3) is 0 Å². The molecule has 0 bridgehead atoms. The Morgan fingerprint density at radius 1 is 1.32 bits per heavy atom. The lowest BCUT2D eigenvalue weighted by molar-refractivity contribution is -0.121. The van der Waals surface area contributed by atoms with Crippen molar-refractivity contribution in [3.8, 4) is 11.4 Å². The van der Waals surface area contributed by atoms with E-state index in [4.69, 9.17) is 20.9 Å². The van der Waals surface area contributed by atoms with Gasteiger partial charge >= 0.3 is 0 Å². The lowest BCUT2D eigenvalue weighted by Crippen LogP contribution is -2.25. The molecule has 0 spiro atoms. The summed E-state index contributed by atoms with van der Waals surface area (Å²) >= 11 is 5.86. The molecule has 0 radical (unpaired) electrons. The average molecular weight is 364 g/mol. The van der Waals surface area contributed by atoms with E-state index in [9.17, 15) is 4.79 Å². The number of nitrogens with one attached hydrogen (secondary N) is 1. The Bertz CT molecular complexity index is 683. The second kappa shape index (κ2) is 8.97. The zero-order chi connectivity index (χ0) is 17.5. The molecule has 0 unspecified atom stereocenters. The van der Waals surface area contributed by atoms with Gasteiger partial charge in [-0.2, -0.15) is 4.98 Å². The zero-order valence-corrected chi connectivity index (χ0v) is 14.8. The van der Waals surface area contributed by atoms with E-state index in [-0.39, 0.29) is 5.91 Å². The smallest absolute Gasteiger partial charge is 0.227 e. The van der Waals surface area contributed by atoms with E-state index in [0.717, 1.165) is 24.5 Å². The third kappa shape index (κ3) is 6.14. The largest absolute Gasteiger partial charge is 0.381 e. The summed E-state index contributed by atoms with van der Waals surface area (Å²) in [6.45, 7) is 2.19. The normalized spacial score (nSPS) is 13.8. The number of nitrogens with zero attached hydrogens (tertiary/aromatic N) is 2. The van der Waals surface area contributed by atoms with Gasteiger partial charge < -0.3 is 14.6 Å². The maximum atomic E-state index is 11.8. The van der Waals surface area contributed by atoms with Gasteiger partial charge in [0.1, 0.15) is 0 Å². The second-order valence-electron chi connectivity index (χ2n) is 6.24. The molecule has 6 nitrogen and oxygen atoms in total. The van der Waals surface area contributed by atoms with Crippen LogP contribution in [0.2, 0.25) is 5.02 Å². The molecule has 0 aliphatic heterocycles. The van der Waals surface area contributed by atoms with Gasteiger partial charge in [-0.15, -0.1) is 0 Å². The molecular weight excluding hydrogens is 342 g/mol. The number of aromatic nitrogens is 2. The highest BCUT2D eigenvalue weighted by atomic mass is 35.5. The van der Waals surface area contributed by atoms with Crippen LogP contribution < -0.4 is 5.32 Å². The molecule has 3 rings (SSSR count). The first-order valence-electron chi connectivity index (χ1n) is 8.63. The van der Waals surface area contributed by atoms with Crippen LogP contribution in [0.4, 0.5) is 0 Å². The Morgan fingerprint density at radius 3 is 2.88 bits per heavy atom. The van der Waals surface area contributed by atoms with Crippen molar-refractivity contribution in [2.45, 2.75) is 32.1 Å². The van der Waals surface area contributed by atoms with Gasteiger partial charge in [-0.3, -0.25) is 4.79 Å². The number of hydrogen-bond acceptors (Lipinski definition) is 5. The maximum Gasteiger partial charge on any atom is 0.227 e. The molecule has 134 valence electrons. The van der Waals surface area contributed by atoms with Crippen molar-refractivity contribution in [2.75, 3.05) is 19.8 Å².